The third-order valence-corrected chi connectivity index (χ3v) is 5.13. The van der Waals surface area contributed by atoms with E-state index in [4.69, 9.17) is 14.3 Å². The van der Waals surface area contributed by atoms with Crippen LogP contribution in [-0.2, 0) is 10.1 Å². The number of hydrogen-bond acceptors (Lipinski definition) is 5. The first-order chi connectivity index (χ1) is 10.9. The standard InChI is InChI=1S/C15H10INO5S/c16-12-8-10(7-9-5-6-21-14(9)12)23(19,20)22-13-4-2-1-3-11(13)15(17)18/h1-8H,(H2,17,18). The van der Waals surface area contributed by atoms with E-state index in [9.17, 15) is 13.2 Å². The van der Waals surface area contributed by atoms with Crippen molar-refractivity contribution in [1.82, 2.24) is 0 Å². The molecule has 6 nitrogen and oxygen atoms in total. The number of benzene rings is 2. The van der Waals surface area contributed by atoms with Crippen molar-refractivity contribution in [3.05, 3.63) is 57.9 Å². The van der Waals surface area contributed by atoms with E-state index in [0.717, 1.165) is 0 Å². The van der Waals surface area contributed by atoms with E-state index in [2.05, 4.69) is 0 Å². The van der Waals surface area contributed by atoms with Crippen LogP contribution >= 0.6 is 22.6 Å². The highest BCUT2D eigenvalue weighted by Gasteiger charge is 2.22. The Morgan fingerprint density at radius 2 is 1.91 bits per heavy atom. The second-order valence-electron chi connectivity index (χ2n) is 4.64. The molecule has 3 aromatic rings. The van der Waals surface area contributed by atoms with Crippen LogP contribution in [0.2, 0.25) is 0 Å². The zero-order valence-corrected chi connectivity index (χ0v) is 14.5. The van der Waals surface area contributed by atoms with Crippen LogP contribution in [0.1, 0.15) is 10.4 Å². The lowest BCUT2D eigenvalue weighted by molar-refractivity contribution is 0.0999. The lowest BCUT2D eigenvalue weighted by atomic mass is 10.2. The van der Waals surface area contributed by atoms with Crippen LogP contribution in [0, 0.1) is 3.57 Å². The van der Waals surface area contributed by atoms with Gasteiger partial charge in [0.25, 0.3) is 5.91 Å². The number of halogens is 1. The van der Waals surface area contributed by atoms with Crippen LogP contribution in [0.4, 0.5) is 0 Å². The van der Waals surface area contributed by atoms with Crippen molar-refractivity contribution in [2.75, 3.05) is 0 Å². The van der Waals surface area contributed by atoms with Gasteiger partial charge in [0, 0.05) is 5.39 Å². The highest BCUT2D eigenvalue weighted by molar-refractivity contribution is 14.1. The predicted molar refractivity (Wildman–Crippen MR) is 91.7 cm³/mol. The maximum absolute atomic E-state index is 12.5. The largest absolute Gasteiger partial charge is 0.463 e. The Kier molecular flexibility index (Phi) is 4.02. The third kappa shape index (κ3) is 3.04. The average molecular weight is 443 g/mol. The van der Waals surface area contributed by atoms with E-state index in [1.807, 2.05) is 22.6 Å². The summed E-state index contributed by atoms with van der Waals surface area (Å²) in [4.78, 5) is 11.3. The smallest absolute Gasteiger partial charge is 0.339 e. The van der Waals surface area contributed by atoms with Crippen molar-refractivity contribution in [3.8, 4) is 5.75 Å². The zero-order valence-electron chi connectivity index (χ0n) is 11.5. The number of primary amides is 1. The minimum absolute atomic E-state index is 0.00448. The van der Waals surface area contributed by atoms with Gasteiger partial charge in [0.05, 0.1) is 15.4 Å². The van der Waals surface area contributed by atoms with Gasteiger partial charge < -0.3 is 14.3 Å². The van der Waals surface area contributed by atoms with Gasteiger partial charge in [-0.25, -0.2) is 0 Å². The van der Waals surface area contributed by atoms with Crippen LogP contribution in [0.5, 0.6) is 5.75 Å². The number of fused-ring (bicyclic) bond motifs is 1. The Morgan fingerprint density at radius 1 is 1.17 bits per heavy atom. The molecular formula is C15H10INO5S. The quantitative estimate of drug-likeness (QED) is 0.494. The maximum Gasteiger partial charge on any atom is 0.339 e. The molecule has 0 saturated heterocycles. The molecule has 1 amide bonds. The van der Waals surface area contributed by atoms with Gasteiger partial charge in [-0.05, 0) is 52.9 Å². The molecule has 3 rings (SSSR count). The molecule has 0 fully saturated rings. The molecule has 0 unspecified atom stereocenters. The molecule has 0 aliphatic carbocycles. The van der Waals surface area contributed by atoms with Gasteiger partial charge in [-0.1, -0.05) is 12.1 Å². The summed E-state index contributed by atoms with van der Waals surface area (Å²) in [7, 11) is -4.12. The van der Waals surface area contributed by atoms with Gasteiger partial charge in [-0.3, -0.25) is 4.79 Å². The van der Waals surface area contributed by atoms with E-state index in [1.165, 1.54) is 30.5 Å². The molecule has 2 N–H and O–H groups in total. The summed E-state index contributed by atoms with van der Waals surface area (Å²) in [5.74, 6) is -0.877. The molecule has 0 aliphatic rings. The minimum atomic E-state index is -4.12. The van der Waals surface area contributed by atoms with E-state index in [1.54, 1.807) is 18.2 Å². The summed E-state index contributed by atoms with van der Waals surface area (Å²) in [5.41, 5.74) is 5.82. The lowest BCUT2D eigenvalue weighted by Gasteiger charge is -2.10. The fourth-order valence-electron chi connectivity index (χ4n) is 2.07. The first-order valence-corrected chi connectivity index (χ1v) is 8.87. The summed E-state index contributed by atoms with van der Waals surface area (Å²) in [6, 6.07) is 10.4. The van der Waals surface area contributed by atoms with Gasteiger partial charge >= 0.3 is 10.1 Å². The summed E-state index contributed by atoms with van der Waals surface area (Å²) < 4.78 is 36.0. The first-order valence-electron chi connectivity index (χ1n) is 6.38. The van der Waals surface area contributed by atoms with Crippen molar-refractivity contribution >= 4 is 49.6 Å². The molecule has 23 heavy (non-hydrogen) atoms. The average Bonchev–Trinajstić information content (AvgIpc) is 2.96. The molecule has 0 aliphatic heterocycles. The number of rotatable bonds is 4. The highest BCUT2D eigenvalue weighted by Crippen LogP contribution is 2.28. The second kappa shape index (κ2) is 5.85. The van der Waals surface area contributed by atoms with Crippen LogP contribution < -0.4 is 9.92 Å². The zero-order chi connectivity index (χ0) is 16.6. The molecule has 0 radical (unpaired) electrons. The molecule has 0 saturated carbocycles. The monoisotopic (exact) mass is 443 g/mol. The molecule has 1 aromatic heterocycles. The molecule has 1 heterocycles. The van der Waals surface area contributed by atoms with E-state index in [0.29, 0.717) is 14.5 Å². The van der Waals surface area contributed by atoms with Crippen LogP contribution in [0.15, 0.2) is 58.0 Å². The van der Waals surface area contributed by atoms with Crippen molar-refractivity contribution in [3.63, 3.8) is 0 Å². The van der Waals surface area contributed by atoms with Crippen molar-refractivity contribution in [2.24, 2.45) is 5.73 Å². The predicted octanol–water partition coefficient (Wildman–Crippen LogP) is 2.90. The Balaban J connectivity index is 2.06. The normalized spacial score (nSPS) is 11.5. The van der Waals surface area contributed by atoms with Crippen molar-refractivity contribution in [1.29, 1.82) is 0 Å². The Labute approximate surface area is 145 Å². The van der Waals surface area contributed by atoms with Gasteiger partial charge in [-0.15, -0.1) is 0 Å². The van der Waals surface area contributed by atoms with Gasteiger partial charge in [0.15, 0.2) is 5.75 Å². The Bertz CT molecular complexity index is 1010. The SMILES string of the molecule is NC(=O)c1ccccc1OS(=O)(=O)c1cc(I)c2occc2c1. The number of carbonyl (C=O) groups is 1. The molecular weight excluding hydrogens is 433 g/mol. The third-order valence-electron chi connectivity index (χ3n) is 3.12. The van der Waals surface area contributed by atoms with Gasteiger partial charge in [0.2, 0.25) is 0 Å². The number of nitrogens with two attached hydrogens (primary N) is 1. The second-order valence-corrected chi connectivity index (χ2v) is 7.35. The molecule has 8 heteroatoms. The van der Waals surface area contributed by atoms with Gasteiger partial charge in [-0.2, -0.15) is 8.42 Å². The van der Waals surface area contributed by atoms with Crippen molar-refractivity contribution in [2.45, 2.75) is 4.90 Å². The fraction of sp³-hybridized carbons (Fsp3) is 0. The van der Waals surface area contributed by atoms with E-state index in [-0.39, 0.29) is 16.2 Å². The lowest BCUT2D eigenvalue weighted by Crippen LogP contribution is -2.16. The number of furan rings is 1. The molecule has 0 spiro atoms. The summed E-state index contributed by atoms with van der Waals surface area (Å²) in [5, 5.41) is 0.641. The highest BCUT2D eigenvalue weighted by atomic mass is 127. The molecule has 0 atom stereocenters. The van der Waals surface area contributed by atoms with Gasteiger partial charge in [0.1, 0.15) is 10.5 Å². The van der Waals surface area contributed by atoms with E-state index >= 15 is 0 Å². The molecule has 2 aromatic carbocycles. The molecule has 118 valence electrons. The summed E-state index contributed by atoms with van der Waals surface area (Å²) in [6.07, 6.45) is 1.48. The number of carbonyl (C=O) groups excluding carboxylic acids is 1. The minimum Gasteiger partial charge on any atom is -0.463 e. The Hall–Kier alpha value is -2.07. The number of amides is 1. The van der Waals surface area contributed by atoms with Crippen LogP contribution in [-0.4, -0.2) is 14.3 Å². The topological polar surface area (TPSA) is 99.6 Å². The first kappa shape index (κ1) is 15.8. The summed E-state index contributed by atoms with van der Waals surface area (Å²) in [6.45, 7) is 0. The van der Waals surface area contributed by atoms with Crippen LogP contribution in [0.25, 0.3) is 11.0 Å². The Morgan fingerprint density at radius 3 is 2.65 bits per heavy atom. The number of hydrogen-bond donors (Lipinski definition) is 1. The summed E-state index contributed by atoms with van der Waals surface area (Å²) >= 11 is 1.98. The maximum atomic E-state index is 12.5. The number of para-hydroxylation sites is 1. The molecule has 0 bridgehead atoms. The van der Waals surface area contributed by atoms with Crippen molar-refractivity contribution < 1.29 is 21.8 Å². The van der Waals surface area contributed by atoms with E-state index < -0.39 is 16.0 Å². The van der Waals surface area contributed by atoms with Crippen LogP contribution in [0.3, 0.4) is 0 Å². The fourth-order valence-corrected chi connectivity index (χ4v) is 4.06.